The first-order valence-electron chi connectivity index (χ1n) is 4.63. The van der Waals surface area contributed by atoms with Gasteiger partial charge >= 0.3 is 0 Å². The first kappa shape index (κ1) is 10.8. The molecule has 0 spiro atoms. The number of benzene rings is 1. The zero-order valence-corrected chi connectivity index (χ0v) is 9.81. The third-order valence-electron chi connectivity index (χ3n) is 2.42. The second kappa shape index (κ2) is 3.68. The van der Waals surface area contributed by atoms with Crippen molar-refractivity contribution in [2.24, 2.45) is 0 Å². The molecule has 5 heteroatoms. The molecule has 82 valence electrons. The van der Waals surface area contributed by atoms with Gasteiger partial charge in [-0.25, -0.2) is 8.42 Å². The highest BCUT2D eigenvalue weighted by atomic mass is 35.5. The van der Waals surface area contributed by atoms with Crippen LogP contribution in [0.4, 0.5) is 0 Å². The molecule has 1 aliphatic rings. The molecule has 15 heavy (non-hydrogen) atoms. The number of hydrogen-bond donors (Lipinski definition) is 0. The van der Waals surface area contributed by atoms with Crippen LogP contribution in [0.15, 0.2) is 23.1 Å². The SMILES string of the molecule is COc1ccc(S(=O)(=O)C2CC2)cc1Cl. The average molecular weight is 247 g/mol. The summed E-state index contributed by atoms with van der Waals surface area (Å²) in [5, 5.41) is 0.126. The molecule has 1 aromatic rings. The summed E-state index contributed by atoms with van der Waals surface area (Å²) in [6.07, 6.45) is 1.51. The molecule has 1 aromatic carbocycles. The van der Waals surface area contributed by atoms with E-state index in [1.165, 1.54) is 13.2 Å². The number of methoxy groups -OCH3 is 1. The molecule has 1 saturated carbocycles. The molecule has 1 aliphatic carbocycles. The molecule has 0 radical (unpaired) electrons. The Labute approximate surface area is 93.9 Å². The summed E-state index contributed by atoms with van der Waals surface area (Å²) < 4.78 is 28.7. The standard InChI is InChI=1S/C10H11ClO3S/c1-14-10-5-4-8(6-9(10)11)15(12,13)7-2-3-7/h4-7H,2-3H2,1H3. The molecule has 0 heterocycles. The lowest BCUT2D eigenvalue weighted by Gasteiger charge is -2.06. The number of sulfone groups is 1. The van der Waals surface area contributed by atoms with Gasteiger partial charge in [-0.2, -0.15) is 0 Å². The predicted molar refractivity (Wildman–Crippen MR) is 58.2 cm³/mol. The van der Waals surface area contributed by atoms with Crippen LogP contribution in [0.1, 0.15) is 12.8 Å². The second-order valence-corrected chi connectivity index (χ2v) is 6.18. The lowest BCUT2D eigenvalue weighted by atomic mass is 10.3. The van der Waals surface area contributed by atoms with Crippen LogP contribution in [0.25, 0.3) is 0 Å². The third-order valence-corrected chi connectivity index (χ3v) is 4.97. The van der Waals surface area contributed by atoms with E-state index in [-0.39, 0.29) is 10.1 Å². The van der Waals surface area contributed by atoms with Crippen molar-refractivity contribution in [2.75, 3.05) is 7.11 Å². The Bertz CT molecular complexity index is 477. The number of ether oxygens (including phenoxy) is 1. The number of halogens is 1. The Morgan fingerprint density at radius 2 is 2.07 bits per heavy atom. The van der Waals surface area contributed by atoms with Gasteiger partial charge in [-0.3, -0.25) is 0 Å². The van der Waals surface area contributed by atoms with E-state index in [2.05, 4.69) is 0 Å². The minimum absolute atomic E-state index is 0.207. The Morgan fingerprint density at radius 1 is 1.40 bits per heavy atom. The van der Waals surface area contributed by atoms with Crippen molar-refractivity contribution >= 4 is 21.4 Å². The van der Waals surface area contributed by atoms with Crippen LogP contribution in [0.2, 0.25) is 5.02 Å². The fourth-order valence-electron chi connectivity index (χ4n) is 1.39. The summed E-state index contributed by atoms with van der Waals surface area (Å²) in [5.41, 5.74) is 0. The van der Waals surface area contributed by atoms with Gasteiger partial charge in [0.25, 0.3) is 0 Å². The average Bonchev–Trinajstić information content (AvgIpc) is 3.00. The van der Waals surface area contributed by atoms with Crippen LogP contribution < -0.4 is 4.74 Å². The van der Waals surface area contributed by atoms with Crippen molar-refractivity contribution in [3.05, 3.63) is 23.2 Å². The van der Waals surface area contributed by atoms with Crippen molar-refractivity contribution in [3.8, 4) is 5.75 Å². The van der Waals surface area contributed by atoms with Crippen LogP contribution in [-0.4, -0.2) is 20.8 Å². The van der Waals surface area contributed by atoms with Crippen LogP contribution in [-0.2, 0) is 9.84 Å². The first-order chi connectivity index (χ1) is 7.05. The van der Waals surface area contributed by atoms with E-state index in [1.807, 2.05) is 0 Å². The second-order valence-electron chi connectivity index (χ2n) is 3.54. The number of hydrogen-bond acceptors (Lipinski definition) is 3. The van der Waals surface area contributed by atoms with E-state index in [9.17, 15) is 8.42 Å². The molecule has 0 aromatic heterocycles. The van der Waals surface area contributed by atoms with E-state index in [1.54, 1.807) is 12.1 Å². The Morgan fingerprint density at radius 3 is 2.53 bits per heavy atom. The molecule has 0 amide bonds. The quantitative estimate of drug-likeness (QED) is 0.822. The Hall–Kier alpha value is -0.740. The van der Waals surface area contributed by atoms with Crippen LogP contribution in [0, 0.1) is 0 Å². The van der Waals surface area contributed by atoms with Crippen molar-refractivity contribution in [1.82, 2.24) is 0 Å². The van der Waals surface area contributed by atoms with E-state index < -0.39 is 9.84 Å². The van der Waals surface area contributed by atoms with Gasteiger partial charge in [0.05, 0.1) is 22.3 Å². The monoisotopic (exact) mass is 246 g/mol. The normalized spacial score (nSPS) is 16.4. The minimum atomic E-state index is -3.15. The first-order valence-corrected chi connectivity index (χ1v) is 6.55. The van der Waals surface area contributed by atoms with Gasteiger partial charge < -0.3 is 4.74 Å². The molecule has 0 unspecified atom stereocenters. The maximum absolute atomic E-state index is 11.8. The maximum Gasteiger partial charge on any atom is 0.181 e. The van der Waals surface area contributed by atoms with E-state index in [4.69, 9.17) is 16.3 Å². The maximum atomic E-state index is 11.8. The van der Waals surface area contributed by atoms with Gasteiger partial charge in [0.2, 0.25) is 0 Å². The molecule has 0 bridgehead atoms. The molecular weight excluding hydrogens is 236 g/mol. The van der Waals surface area contributed by atoms with Gasteiger partial charge in [-0.05, 0) is 31.0 Å². The molecule has 1 fully saturated rings. The Kier molecular flexibility index (Phi) is 2.64. The minimum Gasteiger partial charge on any atom is -0.495 e. The zero-order valence-electron chi connectivity index (χ0n) is 8.23. The largest absolute Gasteiger partial charge is 0.495 e. The summed E-state index contributed by atoms with van der Waals surface area (Å²) >= 11 is 5.87. The summed E-state index contributed by atoms with van der Waals surface area (Å²) in [6, 6.07) is 4.57. The molecule has 2 rings (SSSR count). The lowest BCUT2D eigenvalue weighted by Crippen LogP contribution is -2.06. The Balaban J connectivity index is 2.42. The molecule has 0 atom stereocenters. The molecule has 0 N–H and O–H groups in total. The van der Waals surface area contributed by atoms with Crippen molar-refractivity contribution in [2.45, 2.75) is 23.0 Å². The van der Waals surface area contributed by atoms with Crippen LogP contribution >= 0.6 is 11.6 Å². The summed E-state index contributed by atoms with van der Waals surface area (Å²) in [7, 11) is -1.66. The molecule has 0 saturated heterocycles. The van der Waals surface area contributed by atoms with Gasteiger partial charge in [-0.15, -0.1) is 0 Å². The molecule has 3 nitrogen and oxygen atoms in total. The van der Waals surface area contributed by atoms with Crippen molar-refractivity contribution in [3.63, 3.8) is 0 Å². The summed E-state index contributed by atoms with van der Waals surface area (Å²) in [5.74, 6) is 0.492. The highest BCUT2D eigenvalue weighted by Crippen LogP contribution is 2.36. The van der Waals surface area contributed by atoms with Gasteiger partial charge in [0.1, 0.15) is 5.75 Å². The van der Waals surface area contributed by atoms with Gasteiger partial charge in [0, 0.05) is 0 Å². The molecule has 0 aliphatic heterocycles. The molecular formula is C10H11ClO3S. The topological polar surface area (TPSA) is 43.4 Å². The highest BCUT2D eigenvalue weighted by Gasteiger charge is 2.37. The fraction of sp³-hybridized carbons (Fsp3) is 0.400. The van der Waals surface area contributed by atoms with E-state index in [0.29, 0.717) is 10.8 Å². The fourth-order valence-corrected chi connectivity index (χ4v) is 3.40. The lowest BCUT2D eigenvalue weighted by molar-refractivity contribution is 0.414. The van der Waals surface area contributed by atoms with Crippen LogP contribution in [0.3, 0.4) is 0 Å². The van der Waals surface area contributed by atoms with Crippen LogP contribution in [0.5, 0.6) is 5.75 Å². The number of rotatable bonds is 3. The van der Waals surface area contributed by atoms with Gasteiger partial charge in [0.15, 0.2) is 9.84 Å². The van der Waals surface area contributed by atoms with E-state index >= 15 is 0 Å². The highest BCUT2D eigenvalue weighted by molar-refractivity contribution is 7.92. The van der Waals surface area contributed by atoms with Crippen molar-refractivity contribution < 1.29 is 13.2 Å². The zero-order chi connectivity index (χ0) is 11.1. The third kappa shape index (κ3) is 1.96. The smallest absolute Gasteiger partial charge is 0.181 e. The summed E-state index contributed by atoms with van der Waals surface area (Å²) in [6.45, 7) is 0. The van der Waals surface area contributed by atoms with E-state index in [0.717, 1.165) is 12.8 Å². The predicted octanol–water partition coefficient (Wildman–Crippen LogP) is 2.28. The van der Waals surface area contributed by atoms with Gasteiger partial charge in [-0.1, -0.05) is 11.6 Å². The summed E-state index contributed by atoms with van der Waals surface area (Å²) in [4.78, 5) is 0.288. The van der Waals surface area contributed by atoms with Crippen molar-refractivity contribution in [1.29, 1.82) is 0 Å².